The number of allylic oxidation sites excluding steroid dienone is 10. The van der Waals surface area contributed by atoms with Gasteiger partial charge in [-0.05, 0) is 47.1 Å². The van der Waals surface area contributed by atoms with E-state index in [0.29, 0.717) is 0 Å². The van der Waals surface area contributed by atoms with Gasteiger partial charge in [0.25, 0.3) is 0 Å². The summed E-state index contributed by atoms with van der Waals surface area (Å²) in [5.41, 5.74) is 5.69. The molecule has 29 heavy (non-hydrogen) atoms. The van der Waals surface area contributed by atoms with Gasteiger partial charge >= 0.3 is 0 Å². The summed E-state index contributed by atoms with van der Waals surface area (Å²) >= 11 is 0. The van der Waals surface area contributed by atoms with E-state index in [2.05, 4.69) is 83.5 Å². The molecule has 4 rings (SSSR count). The van der Waals surface area contributed by atoms with E-state index in [9.17, 15) is 0 Å². The van der Waals surface area contributed by atoms with Crippen LogP contribution in [0.5, 0.6) is 0 Å². The van der Waals surface area contributed by atoms with Gasteiger partial charge in [0.15, 0.2) is 5.71 Å². The largest absolute Gasteiger partial charge is 0.457 e. The lowest BCUT2D eigenvalue weighted by molar-refractivity contribution is -0.462. The molecule has 2 aromatic carbocycles. The van der Waals surface area contributed by atoms with Crippen LogP contribution in [-0.2, 0) is 4.74 Å². The molecular weight excluding hydrogens is 354 g/mol. The maximum atomic E-state index is 6.21. The summed E-state index contributed by atoms with van der Waals surface area (Å²) in [7, 11) is 4.09. The smallest absolute Gasteiger partial charge is 0.199 e. The maximum absolute atomic E-state index is 6.21. The molecule has 0 saturated carbocycles. The van der Waals surface area contributed by atoms with E-state index in [0.717, 1.165) is 28.2 Å². The van der Waals surface area contributed by atoms with E-state index in [1.54, 1.807) is 0 Å². The van der Waals surface area contributed by atoms with Crippen LogP contribution in [0, 0.1) is 0 Å². The van der Waals surface area contributed by atoms with Crippen molar-refractivity contribution in [3.05, 3.63) is 132 Å². The van der Waals surface area contributed by atoms with Gasteiger partial charge in [-0.25, -0.2) is 4.58 Å². The van der Waals surface area contributed by atoms with Gasteiger partial charge in [-0.1, -0.05) is 66.7 Å². The van der Waals surface area contributed by atoms with E-state index in [-0.39, 0.29) is 0 Å². The first-order valence-electron chi connectivity index (χ1n) is 9.73. The molecule has 0 amide bonds. The third-order valence-corrected chi connectivity index (χ3v) is 4.83. The molecule has 2 nitrogen and oxygen atoms in total. The van der Waals surface area contributed by atoms with Crippen LogP contribution in [0.4, 0.5) is 0 Å². The van der Waals surface area contributed by atoms with Gasteiger partial charge < -0.3 is 4.74 Å². The zero-order chi connectivity index (χ0) is 20.1. The summed E-state index contributed by atoms with van der Waals surface area (Å²) in [5.74, 6) is 1.68. The van der Waals surface area contributed by atoms with Gasteiger partial charge in [0.1, 0.15) is 25.6 Å². The third-order valence-electron chi connectivity index (χ3n) is 4.83. The molecule has 0 fully saturated rings. The molecule has 0 radical (unpaired) electrons. The monoisotopic (exact) mass is 378 g/mol. The van der Waals surface area contributed by atoms with Gasteiger partial charge in [0, 0.05) is 17.7 Å². The van der Waals surface area contributed by atoms with Gasteiger partial charge in [-0.2, -0.15) is 0 Å². The van der Waals surface area contributed by atoms with Gasteiger partial charge in [0.2, 0.25) is 0 Å². The minimum atomic E-state index is 0.821. The molecule has 0 bridgehead atoms. The Labute approximate surface area is 172 Å². The minimum absolute atomic E-state index is 0.821. The predicted octanol–water partition coefficient (Wildman–Crippen LogP) is 5.79. The number of rotatable bonds is 3. The predicted molar refractivity (Wildman–Crippen MR) is 121 cm³/mol. The summed E-state index contributed by atoms with van der Waals surface area (Å²) in [6, 6.07) is 20.6. The van der Waals surface area contributed by atoms with Crippen LogP contribution in [0.25, 0.3) is 11.3 Å². The van der Waals surface area contributed by atoms with Gasteiger partial charge in [-0.15, -0.1) is 0 Å². The molecule has 0 atom stereocenters. The summed E-state index contributed by atoms with van der Waals surface area (Å²) < 4.78 is 8.31. The Balaban J connectivity index is 1.68. The normalized spacial score (nSPS) is 17.0. The van der Waals surface area contributed by atoms with Gasteiger partial charge in [0.05, 0.1) is 0 Å². The highest BCUT2D eigenvalue weighted by Gasteiger charge is 2.13. The summed E-state index contributed by atoms with van der Waals surface area (Å²) in [6.07, 6.45) is 16.8. The van der Waals surface area contributed by atoms with Crippen molar-refractivity contribution in [2.24, 2.45) is 0 Å². The fraction of sp³-hybridized carbons (Fsp3) is 0.0741. The van der Waals surface area contributed by atoms with Crippen LogP contribution in [0.1, 0.15) is 11.1 Å². The van der Waals surface area contributed by atoms with E-state index in [1.165, 1.54) is 11.3 Å². The maximum Gasteiger partial charge on any atom is 0.199 e. The lowest BCUT2D eigenvalue weighted by Gasteiger charge is -2.18. The fourth-order valence-corrected chi connectivity index (χ4v) is 3.21. The van der Waals surface area contributed by atoms with Crippen molar-refractivity contribution in [1.82, 2.24) is 0 Å². The molecule has 0 saturated heterocycles. The lowest BCUT2D eigenvalue weighted by atomic mass is 10.0. The van der Waals surface area contributed by atoms with E-state index in [1.807, 2.05) is 44.4 Å². The van der Waals surface area contributed by atoms with Crippen LogP contribution < -0.4 is 0 Å². The topological polar surface area (TPSA) is 12.2 Å². The van der Waals surface area contributed by atoms with E-state index < -0.39 is 0 Å². The van der Waals surface area contributed by atoms with Crippen molar-refractivity contribution in [3.63, 3.8) is 0 Å². The molecule has 0 unspecified atom stereocenters. The second-order valence-corrected chi connectivity index (χ2v) is 7.16. The summed E-state index contributed by atoms with van der Waals surface area (Å²) in [4.78, 5) is 0. The second-order valence-electron chi connectivity index (χ2n) is 7.16. The molecule has 2 heteroatoms. The number of nitrogens with zero attached hydrogens (tertiary/aromatic N) is 1. The van der Waals surface area contributed by atoms with Crippen LogP contribution in [0.15, 0.2) is 121 Å². The first kappa shape index (κ1) is 18.7. The Kier molecular flexibility index (Phi) is 5.53. The van der Waals surface area contributed by atoms with Crippen LogP contribution in [-0.4, -0.2) is 24.4 Å². The molecule has 142 valence electrons. The molecule has 1 aliphatic carbocycles. The van der Waals surface area contributed by atoms with Crippen molar-refractivity contribution < 1.29 is 9.31 Å². The fourth-order valence-electron chi connectivity index (χ4n) is 3.21. The highest BCUT2D eigenvalue weighted by molar-refractivity contribution is 6.02. The van der Waals surface area contributed by atoms with E-state index >= 15 is 0 Å². The van der Waals surface area contributed by atoms with Crippen molar-refractivity contribution in [1.29, 1.82) is 0 Å². The zero-order valence-electron chi connectivity index (χ0n) is 16.7. The molecule has 2 aromatic rings. The minimum Gasteiger partial charge on any atom is -0.457 e. The van der Waals surface area contributed by atoms with Crippen molar-refractivity contribution in [3.8, 4) is 0 Å². The quantitative estimate of drug-likeness (QED) is 0.616. The average Bonchev–Trinajstić information content (AvgIpc) is 2.79. The van der Waals surface area contributed by atoms with Crippen LogP contribution in [0.3, 0.4) is 0 Å². The summed E-state index contributed by atoms with van der Waals surface area (Å²) in [6.45, 7) is 0. The molecule has 0 spiro atoms. The highest BCUT2D eigenvalue weighted by atomic mass is 16.5. The van der Waals surface area contributed by atoms with Crippen LogP contribution in [0.2, 0.25) is 0 Å². The number of benzene rings is 2. The Hall–Kier alpha value is -3.65. The number of ether oxygens (including phenoxy) is 1. The number of hydrogen-bond acceptors (Lipinski definition) is 1. The molecule has 1 aliphatic heterocycles. The Morgan fingerprint density at radius 1 is 0.690 bits per heavy atom. The highest BCUT2D eigenvalue weighted by Crippen LogP contribution is 2.31. The Morgan fingerprint density at radius 2 is 1.31 bits per heavy atom. The van der Waals surface area contributed by atoms with Crippen molar-refractivity contribution in [2.75, 3.05) is 14.1 Å². The molecular formula is C27H24NO+. The second kappa shape index (κ2) is 8.57. The standard InChI is InChI=1S/C27H24NO/c1-28(2)25-16-13-21(14-17-25)15-18-26-19-24(22-9-5-3-6-10-22)20-27(29-26)23-11-7-4-8-12-23/h3-20H,1-2H3/q+1/b26-18-. The van der Waals surface area contributed by atoms with Crippen molar-refractivity contribution in [2.45, 2.75) is 0 Å². The van der Waals surface area contributed by atoms with Crippen molar-refractivity contribution >= 4 is 17.0 Å². The third kappa shape index (κ3) is 4.61. The first-order valence-corrected chi connectivity index (χ1v) is 9.73. The molecule has 2 aliphatic rings. The molecule has 1 heterocycles. The van der Waals surface area contributed by atoms with Crippen LogP contribution >= 0.6 is 0 Å². The average molecular weight is 378 g/mol. The molecule has 0 N–H and O–H groups in total. The SMILES string of the molecule is C[N+](C)=C1C=CC(=C/C=C2/C=C(c3ccccc3)C=C(c3ccccc3)O2)C=C1. The Bertz CT molecular complexity index is 1090. The lowest BCUT2D eigenvalue weighted by Crippen LogP contribution is -2.09. The molecule has 0 aromatic heterocycles. The van der Waals surface area contributed by atoms with Gasteiger partial charge in [-0.3, -0.25) is 0 Å². The zero-order valence-corrected chi connectivity index (χ0v) is 16.7. The Morgan fingerprint density at radius 3 is 1.93 bits per heavy atom. The first-order chi connectivity index (χ1) is 14.2. The summed E-state index contributed by atoms with van der Waals surface area (Å²) in [5, 5.41) is 0. The number of hydrogen-bond donors (Lipinski definition) is 0. The van der Waals surface area contributed by atoms with E-state index in [4.69, 9.17) is 4.74 Å².